The maximum absolute atomic E-state index is 12.1. The first-order chi connectivity index (χ1) is 8.54. The number of hydrogen-bond acceptors (Lipinski definition) is 5. The molecule has 0 spiro atoms. The van der Waals surface area contributed by atoms with Crippen molar-refractivity contribution in [1.29, 1.82) is 0 Å². The monoisotopic (exact) mass is 286 g/mol. The SMILES string of the molecule is Cc1ccc(S(=O)(=O)N(N)C(=O)OC(C)(C)C)cc1. The molecule has 1 rings (SSSR count). The molecule has 1 aromatic rings. The van der Waals surface area contributed by atoms with E-state index >= 15 is 0 Å². The number of hydrazine groups is 1. The van der Waals surface area contributed by atoms with Crippen molar-refractivity contribution in [2.24, 2.45) is 5.84 Å². The minimum Gasteiger partial charge on any atom is -0.442 e. The Bertz CT molecular complexity index is 558. The third-order valence-corrected chi connectivity index (χ3v) is 3.69. The number of sulfonamides is 1. The van der Waals surface area contributed by atoms with Gasteiger partial charge in [-0.15, -0.1) is 4.41 Å². The van der Waals surface area contributed by atoms with E-state index in [0.29, 0.717) is 0 Å². The average Bonchev–Trinajstić information content (AvgIpc) is 2.26. The van der Waals surface area contributed by atoms with Crippen molar-refractivity contribution >= 4 is 16.1 Å². The highest BCUT2D eigenvalue weighted by molar-refractivity contribution is 7.89. The first-order valence-corrected chi connectivity index (χ1v) is 7.08. The lowest BCUT2D eigenvalue weighted by atomic mass is 10.2. The van der Waals surface area contributed by atoms with Crippen LogP contribution >= 0.6 is 0 Å². The van der Waals surface area contributed by atoms with Crippen LogP contribution in [0.5, 0.6) is 0 Å². The summed E-state index contributed by atoms with van der Waals surface area (Å²) in [5, 5.41) is 0. The lowest BCUT2D eigenvalue weighted by molar-refractivity contribution is 0.0390. The summed E-state index contributed by atoms with van der Waals surface area (Å²) < 4.78 is 29.2. The molecule has 7 heteroatoms. The average molecular weight is 286 g/mol. The lowest BCUT2D eigenvalue weighted by Gasteiger charge is -2.23. The number of ether oxygens (including phenoxy) is 1. The molecule has 0 saturated carbocycles. The molecule has 6 nitrogen and oxygen atoms in total. The van der Waals surface area contributed by atoms with Crippen LogP contribution in [0.1, 0.15) is 26.3 Å². The highest BCUT2D eigenvalue weighted by atomic mass is 32.2. The van der Waals surface area contributed by atoms with Crippen LogP contribution in [-0.4, -0.2) is 24.5 Å². The quantitative estimate of drug-likeness (QED) is 0.508. The van der Waals surface area contributed by atoms with E-state index in [-0.39, 0.29) is 9.31 Å². The first kappa shape index (κ1) is 15.5. The summed E-state index contributed by atoms with van der Waals surface area (Å²) in [7, 11) is -4.09. The Morgan fingerprint density at radius 1 is 1.21 bits per heavy atom. The zero-order valence-electron chi connectivity index (χ0n) is 11.4. The molecule has 1 aromatic carbocycles. The standard InChI is InChI=1S/C12H18N2O4S/c1-9-5-7-10(8-6-9)19(16,17)14(13)11(15)18-12(2,3)4/h5-8H,13H2,1-4H3. The Hall–Kier alpha value is -1.60. The minimum absolute atomic E-state index is 0.0635. The number of nitrogens with two attached hydrogens (primary N) is 1. The van der Waals surface area contributed by atoms with Gasteiger partial charge in [-0.25, -0.2) is 10.6 Å². The molecule has 0 fully saturated rings. The summed E-state index contributed by atoms with van der Waals surface area (Å²) in [6.07, 6.45) is -1.12. The topological polar surface area (TPSA) is 89.7 Å². The Labute approximate surface area is 113 Å². The van der Waals surface area contributed by atoms with Crippen LogP contribution in [0.2, 0.25) is 0 Å². The summed E-state index contributed by atoms with van der Waals surface area (Å²) in [6, 6.07) is 6.01. The summed E-state index contributed by atoms with van der Waals surface area (Å²) in [4.78, 5) is 11.6. The highest BCUT2D eigenvalue weighted by Crippen LogP contribution is 2.16. The largest absolute Gasteiger partial charge is 0.442 e. The van der Waals surface area contributed by atoms with Gasteiger partial charge in [-0.05, 0) is 39.8 Å². The van der Waals surface area contributed by atoms with E-state index in [1.54, 1.807) is 32.9 Å². The maximum atomic E-state index is 12.1. The number of carbonyl (C=O) groups is 1. The fourth-order valence-electron chi connectivity index (χ4n) is 1.23. The Morgan fingerprint density at radius 3 is 2.11 bits per heavy atom. The van der Waals surface area contributed by atoms with Gasteiger partial charge in [0, 0.05) is 0 Å². The van der Waals surface area contributed by atoms with Crippen LogP contribution in [0.25, 0.3) is 0 Å². The number of aryl methyl sites for hydroxylation is 1. The van der Waals surface area contributed by atoms with Gasteiger partial charge in [-0.1, -0.05) is 17.7 Å². The van der Waals surface area contributed by atoms with Gasteiger partial charge in [-0.3, -0.25) is 0 Å². The van der Waals surface area contributed by atoms with Crippen LogP contribution in [0, 0.1) is 6.92 Å². The van der Waals surface area contributed by atoms with Gasteiger partial charge in [0.2, 0.25) is 0 Å². The summed E-state index contributed by atoms with van der Waals surface area (Å²) >= 11 is 0. The molecule has 0 bridgehead atoms. The molecule has 0 atom stereocenters. The minimum atomic E-state index is -4.09. The van der Waals surface area contributed by atoms with Gasteiger partial charge in [0.1, 0.15) is 5.60 Å². The molecule has 0 aliphatic rings. The zero-order chi connectivity index (χ0) is 14.8. The van der Waals surface area contributed by atoms with Crippen LogP contribution < -0.4 is 5.84 Å². The van der Waals surface area contributed by atoms with E-state index in [1.165, 1.54) is 12.1 Å². The second-order valence-electron chi connectivity index (χ2n) is 5.09. The van der Waals surface area contributed by atoms with E-state index in [2.05, 4.69) is 0 Å². The maximum Gasteiger partial charge on any atom is 0.439 e. The predicted octanol–water partition coefficient (Wildman–Crippen LogP) is 1.79. The molecule has 19 heavy (non-hydrogen) atoms. The van der Waals surface area contributed by atoms with Crippen molar-refractivity contribution in [2.75, 3.05) is 0 Å². The summed E-state index contributed by atoms with van der Waals surface area (Å²) in [6.45, 7) is 6.69. The van der Waals surface area contributed by atoms with Crippen molar-refractivity contribution in [3.05, 3.63) is 29.8 Å². The van der Waals surface area contributed by atoms with Crippen molar-refractivity contribution in [2.45, 2.75) is 38.2 Å². The molecule has 1 amide bonds. The summed E-state index contributed by atoms with van der Waals surface area (Å²) in [5.41, 5.74) is 0.0807. The molecule has 0 aromatic heterocycles. The molecular weight excluding hydrogens is 268 g/mol. The molecule has 106 valence electrons. The van der Waals surface area contributed by atoms with Gasteiger partial charge in [0.25, 0.3) is 10.0 Å². The van der Waals surface area contributed by atoms with Crippen LogP contribution in [0.4, 0.5) is 4.79 Å². The smallest absolute Gasteiger partial charge is 0.439 e. The molecule has 0 unspecified atom stereocenters. The van der Waals surface area contributed by atoms with E-state index in [9.17, 15) is 13.2 Å². The third kappa shape index (κ3) is 3.93. The second kappa shape index (κ2) is 5.18. The van der Waals surface area contributed by atoms with Crippen LogP contribution in [0.15, 0.2) is 29.2 Å². The number of nitrogens with zero attached hydrogens (tertiary/aromatic N) is 1. The van der Waals surface area contributed by atoms with Gasteiger partial charge in [0.05, 0.1) is 4.90 Å². The zero-order valence-corrected chi connectivity index (χ0v) is 12.2. The second-order valence-corrected chi connectivity index (χ2v) is 6.91. The first-order valence-electron chi connectivity index (χ1n) is 5.64. The molecule has 0 saturated heterocycles. The molecule has 0 aliphatic heterocycles. The fourth-order valence-corrected chi connectivity index (χ4v) is 2.17. The van der Waals surface area contributed by atoms with Gasteiger partial charge in [0.15, 0.2) is 0 Å². The van der Waals surface area contributed by atoms with Crippen molar-refractivity contribution in [3.63, 3.8) is 0 Å². The molecular formula is C12H18N2O4S. The van der Waals surface area contributed by atoms with E-state index in [4.69, 9.17) is 10.6 Å². The third-order valence-electron chi connectivity index (χ3n) is 2.15. The van der Waals surface area contributed by atoms with E-state index in [0.717, 1.165) is 5.56 Å². The number of hydrogen-bond donors (Lipinski definition) is 1. The van der Waals surface area contributed by atoms with Crippen molar-refractivity contribution in [3.8, 4) is 0 Å². The highest BCUT2D eigenvalue weighted by Gasteiger charge is 2.30. The Morgan fingerprint density at radius 2 is 1.68 bits per heavy atom. The fraction of sp³-hybridized carbons (Fsp3) is 0.417. The van der Waals surface area contributed by atoms with Crippen LogP contribution in [0.3, 0.4) is 0 Å². The van der Waals surface area contributed by atoms with Gasteiger partial charge in [-0.2, -0.15) is 8.42 Å². The summed E-state index contributed by atoms with van der Waals surface area (Å²) in [5.74, 6) is 5.34. The Balaban J connectivity index is 3.00. The van der Waals surface area contributed by atoms with E-state index in [1.807, 2.05) is 6.92 Å². The number of amides is 1. The molecule has 0 aliphatic carbocycles. The molecule has 0 heterocycles. The number of benzene rings is 1. The Kier molecular flexibility index (Phi) is 4.21. The van der Waals surface area contributed by atoms with Crippen LogP contribution in [-0.2, 0) is 14.8 Å². The number of rotatable bonds is 2. The number of carbonyl (C=O) groups excluding carboxylic acids is 1. The van der Waals surface area contributed by atoms with E-state index < -0.39 is 21.7 Å². The van der Waals surface area contributed by atoms with Crippen molar-refractivity contribution in [1.82, 2.24) is 4.41 Å². The molecule has 2 N–H and O–H groups in total. The van der Waals surface area contributed by atoms with Crippen molar-refractivity contribution < 1.29 is 17.9 Å². The van der Waals surface area contributed by atoms with Gasteiger partial charge >= 0.3 is 6.09 Å². The van der Waals surface area contributed by atoms with Gasteiger partial charge < -0.3 is 4.74 Å². The normalized spacial score (nSPS) is 12.1. The predicted molar refractivity (Wildman–Crippen MR) is 70.6 cm³/mol. The lowest BCUT2D eigenvalue weighted by Crippen LogP contribution is -2.45. The molecule has 0 radical (unpaired) electrons.